The highest BCUT2D eigenvalue weighted by atomic mass is 16.6. The van der Waals surface area contributed by atoms with Gasteiger partial charge in [0.25, 0.3) is 0 Å². The maximum absolute atomic E-state index is 12.1. The van der Waals surface area contributed by atoms with Crippen molar-refractivity contribution in [2.24, 2.45) is 0 Å². The van der Waals surface area contributed by atoms with Crippen molar-refractivity contribution in [3.63, 3.8) is 0 Å². The average Bonchev–Trinajstić information content (AvgIpc) is 3.24. The van der Waals surface area contributed by atoms with Crippen LogP contribution < -0.4 is 5.32 Å². The minimum atomic E-state index is -0.625. The Morgan fingerprint density at radius 2 is 1.88 bits per heavy atom. The number of carbonyl (C=O) groups excluding carboxylic acids is 1. The molecule has 1 N–H and O–H groups in total. The molecule has 0 fully saturated rings. The lowest BCUT2D eigenvalue weighted by Gasteiger charge is -2.06. The number of hydrogen-bond acceptors (Lipinski definition) is 4. The smallest absolute Gasteiger partial charge is 0.401 e. The van der Waals surface area contributed by atoms with Gasteiger partial charge in [-0.25, -0.2) is 0 Å². The molecular formula is C20H14N2O4. The van der Waals surface area contributed by atoms with Crippen molar-refractivity contribution in [3.8, 4) is 11.1 Å². The van der Waals surface area contributed by atoms with Crippen molar-refractivity contribution < 1.29 is 14.1 Å². The largest absolute Gasteiger partial charge is 0.433 e. The number of amides is 1. The highest BCUT2D eigenvalue weighted by Crippen LogP contribution is 2.37. The van der Waals surface area contributed by atoms with Gasteiger partial charge in [-0.3, -0.25) is 14.9 Å². The summed E-state index contributed by atoms with van der Waals surface area (Å²) < 4.78 is 4.98. The molecule has 0 saturated heterocycles. The Kier molecular flexibility index (Phi) is 3.85. The maximum Gasteiger partial charge on any atom is 0.433 e. The predicted octanol–water partition coefficient (Wildman–Crippen LogP) is 4.41. The number of carbonyl (C=O) groups is 1. The lowest BCUT2D eigenvalue weighted by atomic mass is 10.1. The number of nitro groups is 1. The van der Waals surface area contributed by atoms with Gasteiger partial charge in [0.05, 0.1) is 6.07 Å². The second kappa shape index (κ2) is 6.33. The van der Waals surface area contributed by atoms with Gasteiger partial charge in [-0.05, 0) is 52.9 Å². The zero-order valence-electron chi connectivity index (χ0n) is 13.6. The molecule has 0 radical (unpaired) electrons. The molecule has 1 heterocycles. The lowest BCUT2D eigenvalue weighted by Crippen LogP contribution is -2.07. The Balaban J connectivity index is 1.49. The van der Waals surface area contributed by atoms with Crippen LogP contribution in [0.25, 0.3) is 17.2 Å². The average molecular weight is 346 g/mol. The molecule has 6 heteroatoms. The molecule has 1 aromatic heterocycles. The van der Waals surface area contributed by atoms with Crippen LogP contribution in [0, 0.1) is 10.1 Å². The molecule has 2 aromatic carbocycles. The van der Waals surface area contributed by atoms with E-state index in [4.69, 9.17) is 4.42 Å². The number of hydrogen-bond donors (Lipinski definition) is 1. The van der Waals surface area contributed by atoms with E-state index < -0.39 is 4.92 Å². The van der Waals surface area contributed by atoms with Crippen LogP contribution in [0.15, 0.2) is 65.1 Å². The summed E-state index contributed by atoms with van der Waals surface area (Å²) in [5.74, 6) is -0.452. The molecule has 26 heavy (non-hydrogen) atoms. The number of nitrogens with one attached hydrogen (secondary N) is 1. The fourth-order valence-electron chi connectivity index (χ4n) is 3.07. The minimum Gasteiger partial charge on any atom is -0.401 e. The Morgan fingerprint density at radius 3 is 2.69 bits per heavy atom. The zero-order valence-corrected chi connectivity index (χ0v) is 13.6. The van der Waals surface area contributed by atoms with Gasteiger partial charge in [0.1, 0.15) is 10.7 Å². The lowest BCUT2D eigenvalue weighted by molar-refractivity contribution is -0.402. The van der Waals surface area contributed by atoms with Gasteiger partial charge in [0.2, 0.25) is 5.91 Å². The highest BCUT2D eigenvalue weighted by Gasteiger charge is 2.18. The second-order valence-electron chi connectivity index (χ2n) is 5.96. The van der Waals surface area contributed by atoms with E-state index >= 15 is 0 Å². The SMILES string of the molecule is O=C(/C=C/c1ccc([N+](=O)[O-])o1)Nc1ccc2c(c1)-c1ccccc1C2. The highest BCUT2D eigenvalue weighted by molar-refractivity contribution is 6.02. The first-order valence-corrected chi connectivity index (χ1v) is 8.04. The van der Waals surface area contributed by atoms with E-state index in [1.807, 2.05) is 30.3 Å². The molecular weight excluding hydrogens is 332 g/mol. The van der Waals surface area contributed by atoms with Crippen molar-refractivity contribution in [2.75, 3.05) is 5.32 Å². The van der Waals surface area contributed by atoms with E-state index in [9.17, 15) is 14.9 Å². The van der Waals surface area contributed by atoms with Crippen LogP contribution in [0.5, 0.6) is 0 Å². The summed E-state index contributed by atoms with van der Waals surface area (Å²) in [6.07, 6.45) is 3.58. The third kappa shape index (κ3) is 3.00. The summed E-state index contributed by atoms with van der Waals surface area (Å²) in [7, 11) is 0. The standard InChI is InChI=1S/C20H14N2O4/c23-19(9-7-16-8-10-20(26-16)22(24)25)21-15-6-5-14-11-13-3-1-2-4-17(13)18(14)12-15/h1-10,12H,11H2,(H,21,23)/b9-7+. The van der Waals surface area contributed by atoms with Gasteiger partial charge in [-0.15, -0.1) is 0 Å². The Morgan fingerprint density at radius 1 is 1.08 bits per heavy atom. The number of rotatable bonds is 4. The van der Waals surface area contributed by atoms with Gasteiger partial charge in [0.15, 0.2) is 0 Å². The molecule has 0 aliphatic heterocycles. The van der Waals surface area contributed by atoms with Crippen molar-refractivity contribution in [3.05, 3.63) is 87.7 Å². The summed E-state index contributed by atoms with van der Waals surface area (Å²) >= 11 is 0. The summed E-state index contributed by atoms with van der Waals surface area (Å²) in [6.45, 7) is 0. The van der Waals surface area contributed by atoms with E-state index in [1.165, 1.54) is 41.0 Å². The van der Waals surface area contributed by atoms with Gasteiger partial charge in [-0.2, -0.15) is 0 Å². The fraction of sp³-hybridized carbons (Fsp3) is 0.0500. The first kappa shape index (κ1) is 15.8. The molecule has 0 unspecified atom stereocenters. The van der Waals surface area contributed by atoms with Crippen LogP contribution in [-0.4, -0.2) is 10.8 Å². The number of anilines is 1. The summed E-state index contributed by atoms with van der Waals surface area (Å²) in [5.41, 5.74) is 5.54. The normalized spacial score (nSPS) is 12.0. The minimum absolute atomic E-state index is 0.245. The Labute approximate surface area is 148 Å². The van der Waals surface area contributed by atoms with Crippen LogP contribution in [0.2, 0.25) is 0 Å². The topological polar surface area (TPSA) is 85.4 Å². The Bertz CT molecular complexity index is 1050. The van der Waals surface area contributed by atoms with E-state index in [0.29, 0.717) is 5.69 Å². The van der Waals surface area contributed by atoms with Gasteiger partial charge < -0.3 is 9.73 Å². The number of nitrogens with zero attached hydrogens (tertiary/aromatic N) is 1. The van der Waals surface area contributed by atoms with Crippen LogP contribution in [0.1, 0.15) is 16.9 Å². The van der Waals surface area contributed by atoms with E-state index in [1.54, 1.807) is 0 Å². The maximum atomic E-state index is 12.1. The number of benzene rings is 2. The van der Waals surface area contributed by atoms with Crippen molar-refractivity contribution in [1.82, 2.24) is 0 Å². The van der Waals surface area contributed by atoms with E-state index in [0.717, 1.165) is 12.0 Å². The fourth-order valence-corrected chi connectivity index (χ4v) is 3.07. The molecule has 4 rings (SSSR count). The van der Waals surface area contributed by atoms with Crippen molar-refractivity contribution in [2.45, 2.75) is 6.42 Å². The Hall–Kier alpha value is -3.67. The van der Waals surface area contributed by atoms with E-state index in [2.05, 4.69) is 17.4 Å². The van der Waals surface area contributed by atoms with Crippen LogP contribution >= 0.6 is 0 Å². The third-order valence-electron chi connectivity index (χ3n) is 4.26. The molecule has 6 nitrogen and oxygen atoms in total. The van der Waals surface area contributed by atoms with E-state index in [-0.39, 0.29) is 17.6 Å². The van der Waals surface area contributed by atoms with Gasteiger partial charge in [-0.1, -0.05) is 30.3 Å². The monoisotopic (exact) mass is 346 g/mol. The van der Waals surface area contributed by atoms with Crippen LogP contribution in [0.4, 0.5) is 11.6 Å². The van der Waals surface area contributed by atoms with Crippen LogP contribution in [0.3, 0.4) is 0 Å². The first-order chi connectivity index (χ1) is 12.6. The molecule has 0 spiro atoms. The summed E-state index contributed by atoms with van der Waals surface area (Å²) in [4.78, 5) is 22.1. The predicted molar refractivity (Wildman–Crippen MR) is 97.7 cm³/mol. The number of furan rings is 1. The molecule has 0 saturated carbocycles. The molecule has 128 valence electrons. The van der Waals surface area contributed by atoms with Crippen molar-refractivity contribution in [1.29, 1.82) is 0 Å². The quantitative estimate of drug-likeness (QED) is 0.337. The van der Waals surface area contributed by atoms with Gasteiger partial charge in [0, 0.05) is 11.8 Å². The van der Waals surface area contributed by atoms with Crippen LogP contribution in [-0.2, 0) is 11.2 Å². The number of fused-ring (bicyclic) bond motifs is 3. The summed E-state index contributed by atoms with van der Waals surface area (Å²) in [5, 5.41) is 13.4. The third-order valence-corrected chi connectivity index (χ3v) is 4.26. The van der Waals surface area contributed by atoms with Crippen molar-refractivity contribution >= 4 is 23.6 Å². The second-order valence-corrected chi connectivity index (χ2v) is 5.96. The molecule has 3 aromatic rings. The molecule has 0 bridgehead atoms. The zero-order chi connectivity index (χ0) is 18.1. The molecule has 0 atom stereocenters. The molecule has 1 amide bonds. The van der Waals surface area contributed by atoms with Gasteiger partial charge >= 0.3 is 5.88 Å². The molecule has 1 aliphatic rings. The summed E-state index contributed by atoms with van der Waals surface area (Å²) in [6, 6.07) is 16.8. The molecule has 1 aliphatic carbocycles. The first-order valence-electron chi connectivity index (χ1n) is 8.04.